The van der Waals surface area contributed by atoms with Crippen molar-refractivity contribution < 1.29 is 0 Å². The lowest BCUT2D eigenvalue weighted by Crippen LogP contribution is -1.90. The topological polar surface area (TPSA) is 0 Å². The molecule has 0 heteroatoms. The van der Waals surface area contributed by atoms with E-state index < -0.39 is 0 Å². The molecule has 0 fully saturated rings. The van der Waals surface area contributed by atoms with Crippen molar-refractivity contribution in [2.24, 2.45) is 0 Å². The lowest BCUT2D eigenvalue weighted by Gasteiger charge is -2.07. The van der Waals surface area contributed by atoms with Gasteiger partial charge in [-0.05, 0) is 17.9 Å². The molecule has 0 spiro atoms. The average Bonchev–Trinajstić information content (AvgIpc) is 2.19. The molecule has 0 aliphatic carbocycles. The lowest BCUT2D eigenvalue weighted by molar-refractivity contribution is 0.781. The lowest BCUT2D eigenvalue weighted by atomic mass is 9.98. The van der Waals surface area contributed by atoms with Crippen LogP contribution in [0.4, 0.5) is 0 Å². The van der Waals surface area contributed by atoms with Crippen LogP contribution in [-0.2, 0) is 0 Å². The van der Waals surface area contributed by atoms with Crippen LogP contribution in [0.2, 0.25) is 0 Å². The fraction of sp³-hybridized carbons (Fsp3) is 0.231. The summed E-state index contributed by atoms with van der Waals surface area (Å²) in [6, 6.07) is 10.6. The summed E-state index contributed by atoms with van der Waals surface area (Å²) in [6.45, 7) is 5.88. The zero-order chi connectivity index (χ0) is 9.52. The van der Waals surface area contributed by atoms with Crippen LogP contribution in [0.1, 0.15) is 24.8 Å². The van der Waals surface area contributed by atoms with E-state index in [9.17, 15) is 0 Å². The molecule has 0 bridgehead atoms. The molecule has 1 rings (SSSR count). The van der Waals surface area contributed by atoms with Crippen LogP contribution in [0.25, 0.3) is 0 Å². The molecule has 0 N–H and O–H groups in total. The standard InChI is InChI=1S/C13H16/c1-3-4-6-9-12(2)13-10-7-5-8-11-13/h3-8,10-12H,1,9H2,2H3/b6-4+. The fourth-order valence-electron chi connectivity index (χ4n) is 1.30. The summed E-state index contributed by atoms with van der Waals surface area (Å²) in [5.41, 5.74) is 1.40. The van der Waals surface area contributed by atoms with Crippen molar-refractivity contribution >= 4 is 0 Å². The van der Waals surface area contributed by atoms with E-state index in [0.717, 1.165) is 6.42 Å². The molecule has 0 radical (unpaired) electrons. The van der Waals surface area contributed by atoms with Crippen molar-refractivity contribution in [3.8, 4) is 0 Å². The Morgan fingerprint density at radius 3 is 2.62 bits per heavy atom. The van der Waals surface area contributed by atoms with Crippen molar-refractivity contribution in [2.45, 2.75) is 19.3 Å². The fourth-order valence-corrected chi connectivity index (χ4v) is 1.30. The van der Waals surface area contributed by atoms with Crippen LogP contribution in [0.15, 0.2) is 55.1 Å². The molecule has 0 aliphatic rings. The van der Waals surface area contributed by atoms with Gasteiger partial charge in [0, 0.05) is 0 Å². The Morgan fingerprint density at radius 2 is 2.00 bits per heavy atom. The number of rotatable bonds is 4. The number of benzene rings is 1. The maximum atomic E-state index is 3.64. The molecule has 0 heterocycles. The monoisotopic (exact) mass is 172 g/mol. The Bertz CT molecular complexity index is 269. The summed E-state index contributed by atoms with van der Waals surface area (Å²) in [5.74, 6) is 0.595. The molecule has 0 saturated carbocycles. The third-order valence-electron chi connectivity index (χ3n) is 2.13. The predicted molar refractivity (Wildman–Crippen MR) is 58.8 cm³/mol. The Hall–Kier alpha value is -1.30. The van der Waals surface area contributed by atoms with Gasteiger partial charge in [0.1, 0.15) is 0 Å². The molecule has 0 nitrogen and oxygen atoms in total. The highest BCUT2D eigenvalue weighted by Crippen LogP contribution is 2.18. The van der Waals surface area contributed by atoms with Gasteiger partial charge in [-0.1, -0.05) is 62.1 Å². The van der Waals surface area contributed by atoms with Gasteiger partial charge in [0.25, 0.3) is 0 Å². The van der Waals surface area contributed by atoms with Crippen molar-refractivity contribution in [3.63, 3.8) is 0 Å². The van der Waals surface area contributed by atoms with Crippen molar-refractivity contribution in [3.05, 3.63) is 60.7 Å². The first kappa shape index (κ1) is 9.79. The highest BCUT2D eigenvalue weighted by atomic mass is 14.1. The van der Waals surface area contributed by atoms with Gasteiger partial charge < -0.3 is 0 Å². The SMILES string of the molecule is C=C/C=C/CC(C)c1ccccc1. The smallest absolute Gasteiger partial charge is 0.0156 e. The van der Waals surface area contributed by atoms with Crippen molar-refractivity contribution in [1.82, 2.24) is 0 Å². The van der Waals surface area contributed by atoms with Crippen LogP contribution < -0.4 is 0 Å². The first-order valence-electron chi connectivity index (χ1n) is 4.67. The van der Waals surface area contributed by atoms with Crippen LogP contribution in [0.3, 0.4) is 0 Å². The van der Waals surface area contributed by atoms with E-state index in [1.165, 1.54) is 5.56 Å². The number of hydrogen-bond acceptors (Lipinski definition) is 0. The van der Waals surface area contributed by atoms with Gasteiger partial charge in [0.2, 0.25) is 0 Å². The van der Waals surface area contributed by atoms with Gasteiger partial charge in [0.05, 0.1) is 0 Å². The molecule has 1 unspecified atom stereocenters. The van der Waals surface area contributed by atoms with Crippen molar-refractivity contribution in [1.29, 1.82) is 0 Å². The second kappa shape index (κ2) is 5.36. The summed E-state index contributed by atoms with van der Waals surface area (Å²) < 4.78 is 0. The third-order valence-corrected chi connectivity index (χ3v) is 2.13. The highest BCUT2D eigenvalue weighted by molar-refractivity contribution is 5.19. The van der Waals surface area contributed by atoms with Gasteiger partial charge in [-0.2, -0.15) is 0 Å². The van der Waals surface area contributed by atoms with E-state index in [1.54, 1.807) is 0 Å². The van der Waals surface area contributed by atoms with Gasteiger partial charge >= 0.3 is 0 Å². The van der Waals surface area contributed by atoms with E-state index in [0.29, 0.717) is 5.92 Å². The van der Waals surface area contributed by atoms with Crippen LogP contribution in [-0.4, -0.2) is 0 Å². The molecule has 1 aromatic carbocycles. The molecular formula is C13H16. The largest absolute Gasteiger partial charge is 0.0991 e. The molecule has 1 aromatic rings. The molecule has 13 heavy (non-hydrogen) atoms. The second-order valence-corrected chi connectivity index (χ2v) is 3.21. The summed E-state index contributed by atoms with van der Waals surface area (Å²) in [4.78, 5) is 0. The van der Waals surface area contributed by atoms with Gasteiger partial charge in [0.15, 0.2) is 0 Å². The van der Waals surface area contributed by atoms with E-state index in [2.05, 4.69) is 49.9 Å². The van der Waals surface area contributed by atoms with Crippen LogP contribution >= 0.6 is 0 Å². The maximum Gasteiger partial charge on any atom is -0.0156 e. The van der Waals surface area contributed by atoms with Gasteiger partial charge in [-0.25, -0.2) is 0 Å². The Kier molecular flexibility index (Phi) is 4.04. The Labute approximate surface area is 80.6 Å². The molecule has 68 valence electrons. The Morgan fingerprint density at radius 1 is 1.31 bits per heavy atom. The zero-order valence-corrected chi connectivity index (χ0v) is 8.11. The number of allylic oxidation sites excluding steroid dienone is 3. The molecule has 0 aromatic heterocycles. The van der Waals surface area contributed by atoms with E-state index >= 15 is 0 Å². The normalized spacial score (nSPS) is 13.0. The zero-order valence-electron chi connectivity index (χ0n) is 8.11. The predicted octanol–water partition coefficient (Wildman–Crippen LogP) is 3.92. The first-order chi connectivity index (χ1) is 6.34. The second-order valence-electron chi connectivity index (χ2n) is 3.21. The summed E-state index contributed by atoms with van der Waals surface area (Å²) in [5, 5.41) is 0. The summed E-state index contributed by atoms with van der Waals surface area (Å²) in [7, 11) is 0. The average molecular weight is 172 g/mol. The van der Waals surface area contributed by atoms with E-state index in [4.69, 9.17) is 0 Å². The minimum Gasteiger partial charge on any atom is -0.0991 e. The van der Waals surface area contributed by atoms with Crippen LogP contribution in [0.5, 0.6) is 0 Å². The minimum atomic E-state index is 0.595. The quantitative estimate of drug-likeness (QED) is 0.604. The maximum absolute atomic E-state index is 3.64. The van der Waals surface area contributed by atoms with E-state index in [1.807, 2.05) is 12.2 Å². The molecule has 0 saturated heterocycles. The first-order valence-corrected chi connectivity index (χ1v) is 4.67. The van der Waals surface area contributed by atoms with E-state index in [-0.39, 0.29) is 0 Å². The van der Waals surface area contributed by atoms with Crippen molar-refractivity contribution in [2.75, 3.05) is 0 Å². The van der Waals surface area contributed by atoms with Gasteiger partial charge in [-0.3, -0.25) is 0 Å². The molecule has 0 amide bonds. The molecular weight excluding hydrogens is 156 g/mol. The minimum absolute atomic E-state index is 0.595. The third kappa shape index (κ3) is 3.29. The molecule has 1 atom stereocenters. The summed E-state index contributed by atoms with van der Waals surface area (Å²) in [6.07, 6.45) is 7.05. The highest BCUT2D eigenvalue weighted by Gasteiger charge is 2.00. The Balaban J connectivity index is 2.53. The van der Waals surface area contributed by atoms with Crippen LogP contribution in [0, 0.1) is 0 Å². The summed E-state index contributed by atoms with van der Waals surface area (Å²) >= 11 is 0. The number of hydrogen-bond donors (Lipinski definition) is 0. The van der Waals surface area contributed by atoms with Gasteiger partial charge in [-0.15, -0.1) is 0 Å². The molecule has 0 aliphatic heterocycles.